The van der Waals surface area contributed by atoms with E-state index in [0.717, 1.165) is 21.6 Å². The Bertz CT molecular complexity index is 4200. The number of unbranched alkanes of at least 4 members (excludes halogenated alkanes) is 2. The van der Waals surface area contributed by atoms with Gasteiger partial charge in [0.1, 0.15) is 66.5 Å². The van der Waals surface area contributed by atoms with Crippen molar-refractivity contribution in [1.82, 2.24) is 93.3 Å². The van der Waals surface area contributed by atoms with Crippen LogP contribution in [0.15, 0.2) is 116 Å². The van der Waals surface area contributed by atoms with Gasteiger partial charge in [-0.2, -0.15) is 0 Å². The van der Waals surface area contributed by atoms with Gasteiger partial charge in [0.05, 0.1) is 29.9 Å². The van der Waals surface area contributed by atoms with Crippen LogP contribution in [0.3, 0.4) is 0 Å². The molecule has 0 spiro atoms. The number of rotatable bonds is 18. The predicted molar refractivity (Wildman–Crippen MR) is 395 cm³/mol. The summed E-state index contributed by atoms with van der Waals surface area (Å²) in [5, 5.41) is 30.2. The van der Waals surface area contributed by atoms with Crippen molar-refractivity contribution in [2.24, 2.45) is 11.5 Å². The molecule has 3 aliphatic rings. The maximum absolute atomic E-state index is 15.7. The molecule has 12 atom stereocenters. The number of para-hydroxylation sites is 2. The molecule has 0 unspecified atom stereocenters. The minimum absolute atomic E-state index is 0.0154. The lowest BCUT2D eigenvalue weighted by molar-refractivity contribution is -0.140. The molecule has 2 bridgehead atoms. The van der Waals surface area contributed by atoms with E-state index in [1.165, 1.54) is 55.6 Å². The maximum atomic E-state index is 15.7. The third kappa shape index (κ3) is 21.0. The van der Waals surface area contributed by atoms with Crippen LogP contribution in [0, 0.1) is 0 Å². The first-order chi connectivity index (χ1) is 50.7. The highest BCUT2D eigenvalue weighted by atomic mass is 33.1. The van der Waals surface area contributed by atoms with Crippen LogP contribution < -0.4 is 70.0 Å². The predicted octanol–water partition coefficient (Wildman–Crippen LogP) is -0.493. The number of benzene rings is 3. The number of aromatic amines is 4. The van der Waals surface area contributed by atoms with E-state index in [2.05, 4.69) is 88.4 Å². The third-order valence-corrected chi connectivity index (χ3v) is 21.8. The SMILES string of the molecule is C[C@@H]1NC(=O)[C@H](CCCCN)NC(=O)[C@H](C)NC(=O)[C@H](CCCCN)NC(=O)[C@@H]2CSS[C@H](NC(=O)[C@H](Cc3c[nH]c4ccccc34)NC1=O)C(=O)N1CSC[C@H]1C(=O)N[C@@H](Cc1c[nH]cn1)C(=O)N[C@H](Cc1ccccc1)C(=O)N[C@@H](Cc1c[nH]cn1)C(=O)N[C@@H](Cc1c[nH]c3ccccc13)C(=O)N2. The fourth-order valence-corrected chi connectivity index (χ4v) is 16.0. The fourth-order valence-electron chi connectivity index (χ4n) is 12.4. The molecule has 32 nitrogen and oxygen atoms in total. The largest absolute Gasteiger partial charge is 0.361 e. The number of thioether (sulfide) groups is 1. The number of imidazole rings is 2. The van der Waals surface area contributed by atoms with E-state index in [1.807, 2.05) is 18.2 Å². The molecule has 35 heteroatoms. The van der Waals surface area contributed by atoms with Gasteiger partial charge in [-0.1, -0.05) is 88.3 Å². The zero-order valence-electron chi connectivity index (χ0n) is 57.8. The summed E-state index contributed by atoms with van der Waals surface area (Å²) >= 11 is 1.19. The number of carbonyl (C=O) groups excluding carboxylic acids is 12. The summed E-state index contributed by atoms with van der Waals surface area (Å²) in [5.41, 5.74) is 15.5. The highest BCUT2D eigenvalue weighted by Gasteiger charge is 2.43. The van der Waals surface area contributed by atoms with Gasteiger partial charge in [-0.25, -0.2) is 9.97 Å². The second-order valence-corrected chi connectivity index (χ2v) is 29.5. The number of aromatic nitrogens is 6. The van der Waals surface area contributed by atoms with E-state index in [9.17, 15) is 19.2 Å². The quantitative estimate of drug-likeness (QED) is 0.0381. The molecule has 0 saturated carbocycles. The number of carbonyl (C=O) groups is 12. The first kappa shape index (κ1) is 77.4. The van der Waals surface area contributed by atoms with Crippen molar-refractivity contribution in [3.8, 4) is 0 Å². The number of nitrogens with one attached hydrogen (secondary N) is 15. The summed E-state index contributed by atoms with van der Waals surface area (Å²) in [6, 6.07) is 7.20. The topological polar surface area (TPSA) is 481 Å². The van der Waals surface area contributed by atoms with Gasteiger partial charge < -0.3 is 94.8 Å². The molecule has 0 aliphatic carbocycles. The van der Waals surface area contributed by atoms with Gasteiger partial charge in [-0.05, 0) is 94.3 Å². The average Bonchev–Trinajstić information content (AvgIpc) is 1.72. The zero-order chi connectivity index (χ0) is 74.5. The molecule has 3 aromatic carbocycles. The molecule has 7 aromatic rings. The Labute approximate surface area is 616 Å². The number of amides is 12. The van der Waals surface area contributed by atoms with Crippen molar-refractivity contribution < 1.29 is 57.5 Å². The summed E-state index contributed by atoms with van der Waals surface area (Å²) < 4.78 is 0. The number of hydrogen-bond acceptors (Lipinski definition) is 19. The minimum Gasteiger partial charge on any atom is -0.361 e. The molecule has 7 heterocycles. The monoisotopic (exact) mass is 1500 g/mol. The lowest BCUT2D eigenvalue weighted by Crippen LogP contribution is -2.62. The second kappa shape index (κ2) is 37.5. The van der Waals surface area contributed by atoms with E-state index in [0.29, 0.717) is 69.1 Å². The first-order valence-corrected chi connectivity index (χ1v) is 38.3. The summed E-state index contributed by atoms with van der Waals surface area (Å²) in [5.74, 6) is -10.9. The Hall–Kier alpha value is -10.2. The van der Waals surface area contributed by atoms with Crippen LogP contribution >= 0.6 is 33.3 Å². The minimum atomic E-state index is -1.69. The van der Waals surface area contributed by atoms with Crippen molar-refractivity contribution >= 4 is 126 Å². The van der Waals surface area contributed by atoms with Gasteiger partial charge in [0.25, 0.3) is 5.91 Å². The Kier molecular flexibility index (Phi) is 27.6. The maximum Gasteiger partial charge on any atom is 0.257 e. The van der Waals surface area contributed by atoms with Crippen LogP contribution in [-0.2, 0) is 89.6 Å². The van der Waals surface area contributed by atoms with Crippen LogP contribution in [0.5, 0.6) is 0 Å². The van der Waals surface area contributed by atoms with Gasteiger partial charge in [-0.3, -0.25) is 57.5 Å². The highest BCUT2D eigenvalue weighted by molar-refractivity contribution is 8.77. The van der Waals surface area contributed by atoms with E-state index in [-0.39, 0.29) is 76.1 Å². The van der Waals surface area contributed by atoms with Crippen LogP contribution in [0.4, 0.5) is 0 Å². The molecule has 3 saturated heterocycles. The number of nitrogens with zero attached hydrogens (tertiary/aromatic N) is 3. The zero-order valence-corrected chi connectivity index (χ0v) is 60.3. The van der Waals surface area contributed by atoms with E-state index in [1.54, 1.807) is 73.1 Å². The van der Waals surface area contributed by atoms with Crippen molar-refractivity contribution in [1.29, 1.82) is 0 Å². The van der Waals surface area contributed by atoms with Crippen molar-refractivity contribution in [3.63, 3.8) is 0 Å². The fraction of sp³-hybridized carbons (Fsp3) is 0.429. The third-order valence-electron chi connectivity index (χ3n) is 18.2. The molecule has 0 radical (unpaired) electrons. The molecule has 558 valence electrons. The molecular weight excluding hydrogens is 1410 g/mol. The number of hydrogen-bond donors (Lipinski definition) is 17. The standard InChI is InChI=1S/C70H88N20O12S3/c1-38-58(91)81-49(20-10-12-22-71)60(93)80-39(2)59(92)83-53(26-42-30-76-48-19-9-7-17-46(42)48)66(99)89-69-70(102)90-37-103-34-57(90)68(101)87-55(28-44-32-74-36-78-44)65(98)84-51(24-40-14-4-3-5-15-40)62(95)86-54(27-43-31-73-35-77-43)64(97)85-52(25-41-29-75-47-18-8-6-16-45(41)47)63(96)88-56(33-104-105-69)67(100)82-50(61(94)79-38)21-11-13-23-72/h3-9,14-19,29-32,35-36,38-39,49-57,69,75-76H,10-13,20-28,33-34,37,71-72H2,1-2H3,(H,73,77)(H,74,78)(H,79,94)(H,80,93)(H,81,91)(H,82,100)(H,83,92)(H,84,98)(H,85,97)(H,86,95)(H,87,101)(H,88,96)(H,89,99)/t38-,39-,49-,50-,51+,52-,53-,54-,55-,56-,57-,69-/m0/s1. The van der Waals surface area contributed by atoms with Crippen molar-refractivity contribution in [3.05, 3.63) is 144 Å². The van der Waals surface area contributed by atoms with Crippen molar-refractivity contribution in [2.75, 3.05) is 30.5 Å². The lowest BCUT2D eigenvalue weighted by atomic mass is 10.0. The molecule has 19 N–H and O–H groups in total. The summed E-state index contributed by atoms with van der Waals surface area (Å²) in [4.78, 5) is 203. The van der Waals surface area contributed by atoms with Gasteiger partial charge in [-0.15, -0.1) is 11.8 Å². The summed E-state index contributed by atoms with van der Waals surface area (Å²) in [6.07, 6.45) is 9.55. The molecule has 3 aliphatic heterocycles. The van der Waals surface area contributed by atoms with Crippen LogP contribution in [0.1, 0.15) is 80.5 Å². The molecule has 10 rings (SSSR count). The molecule has 4 aromatic heterocycles. The Morgan fingerprint density at radius 3 is 1.36 bits per heavy atom. The van der Waals surface area contributed by atoms with Gasteiger partial charge >= 0.3 is 0 Å². The van der Waals surface area contributed by atoms with Crippen LogP contribution in [-0.4, -0.2) is 208 Å². The smallest absolute Gasteiger partial charge is 0.257 e. The van der Waals surface area contributed by atoms with E-state index in [4.69, 9.17) is 11.5 Å². The number of nitrogens with two attached hydrogens (primary N) is 2. The Balaban J connectivity index is 1.09. The molecular formula is C70H88N20O12S3. The average molecular weight is 1500 g/mol. The van der Waals surface area contributed by atoms with Gasteiger partial charge in [0, 0.05) is 90.2 Å². The van der Waals surface area contributed by atoms with Crippen molar-refractivity contribution in [2.45, 2.75) is 156 Å². The van der Waals surface area contributed by atoms with Gasteiger partial charge in [0.2, 0.25) is 65.0 Å². The Morgan fingerprint density at radius 2 is 0.857 bits per heavy atom. The second-order valence-electron chi connectivity index (χ2n) is 26.0. The first-order valence-electron chi connectivity index (χ1n) is 34.7. The van der Waals surface area contributed by atoms with Crippen LogP contribution in [0.25, 0.3) is 21.8 Å². The number of H-pyrrole nitrogens is 4. The Morgan fingerprint density at radius 1 is 0.429 bits per heavy atom. The van der Waals surface area contributed by atoms with Crippen LogP contribution in [0.2, 0.25) is 0 Å². The molecule has 3 fully saturated rings. The van der Waals surface area contributed by atoms with Gasteiger partial charge in [0.15, 0.2) is 5.37 Å². The number of fused-ring (bicyclic) bond motifs is 7. The molecule has 12 amide bonds. The lowest BCUT2D eigenvalue weighted by Gasteiger charge is -2.31. The van der Waals surface area contributed by atoms with E-state index >= 15 is 38.4 Å². The summed E-state index contributed by atoms with van der Waals surface area (Å²) in [7, 11) is 1.55. The molecule has 105 heavy (non-hydrogen) atoms. The van der Waals surface area contributed by atoms with E-state index < -0.39 is 148 Å². The normalized spacial score (nSPS) is 25.1. The highest BCUT2D eigenvalue weighted by Crippen LogP contribution is 2.32. The summed E-state index contributed by atoms with van der Waals surface area (Å²) in [6.45, 7) is 3.22.